The predicted molar refractivity (Wildman–Crippen MR) is 101 cm³/mol. The maximum absolute atomic E-state index is 12.8. The summed E-state index contributed by atoms with van der Waals surface area (Å²) in [5.41, 5.74) is 2.43. The van der Waals surface area contributed by atoms with Crippen LogP contribution in [0.25, 0.3) is 0 Å². The molecule has 0 atom stereocenters. The van der Waals surface area contributed by atoms with Crippen LogP contribution in [0.4, 0.5) is 9.52 Å². The van der Waals surface area contributed by atoms with E-state index in [0.717, 1.165) is 10.1 Å². The number of ether oxygens (including phenoxy) is 1. The topological polar surface area (TPSA) is 64.1 Å². The van der Waals surface area contributed by atoms with Crippen LogP contribution >= 0.6 is 23.1 Å². The van der Waals surface area contributed by atoms with Gasteiger partial charge in [-0.3, -0.25) is 10.1 Å². The first-order chi connectivity index (χ1) is 12.6. The molecule has 0 aliphatic carbocycles. The van der Waals surface area contributed by atoms with E-state index in [2.05, 4.69) is 40.6 Å². The van der Waals surface area contributed by atoms with E-state index in [0.29, 0.717) is 10.9 Å². The molecule has 0 radical (unpaired) electrons. The van der Waals surface area contributed by atoms with Gasteiger partial charge in [-0.1, -0.05) is 52.9 Å². The van der Waals surface area contributed by atoms with Gasteiger partial charge in [0.15, 0.2) is 10.9 Å². The summed E-state index contributed by atoms with van der Waals surface area (Å²) in [5, 5.41) is 11.1. The van der Waals surface area contributed by atoms with Gasteiger partial charge in [-0.2, -0.15) is 0 Å². The van der Waals surface area contributed by atoms with E-state index in [1.54, 1.807) is 11.8 Å². The highest BCUT2D eigenvalue weighted by Gasteiger charge is 2.10. The van der Waals surface area contributed by atoms with Gasteiger partial charge in [-0.05, 0) is 36.8 Å². The van der Waals surface area contributed by atoms with Crippen molar-refractivity contribution in [2.24, 2.45) is 0 Å². The van der Waals surface area contributed by atoms with Gasteiger partial charge in [0.1, 0.15) is 11.6 Å². The van der Waals surface area contributed by atoms with Crippen molar-refractivity contribution in [1.82, 2.24) is 10.2 Å². The van der Waals surface area contributed by atoms with Gasteiger partial charge in [-0.15, -0.1) is 10.2 Å². The molecule has 1 N–H and O–H groups in total. The highest BCUT2D eigenvalue weighted by Crippen LogP contribution is 2.28. The summed E-state index contributed by atoms with van der Waals surface area (Å²) in [5.74, 6) is 0.512. The molecule has 1 aromatic heterocycles. The Morgan fingerprint density at radius 2 is 2.04 bits per heavy atom. The normalized spacial score (nSPS) is 10.5. The van der Waals surface area contributed by atoms with Gasteiger partial charge >= 0.3 is 0 Å². The Morgan fingerprint density at radius 1 is 1.23 bits per heavy atom. The number of amides is 1. The Hall–Kier alpha value is -2.45. The molecule has 26 heavy (non-hydrogen) atoms. The molecular weight excluding hydrogens is 373 g/mol. The van der Waals surface area contributed by atoms with Crippen molar-refractivity contribution in [3.63, 3.8) is 0 Å². The lowest BCUT2D eigenvalue weighted by Gasteiger charge is -2.05. The Labute approximate surface area is 158 Å². The molecule has 0 spiro atoms. The number of hydrogen-bond acceptors (Lipinski definition) is 6. The molecule has 134 valence electrons. The Bertz CT molecular complexity index is 884. The summed E-state index contributed by atoms with van der Waals surface area (Å²) in [6, 6.07) is 13.8. The third-order valence-corrected chi connectivity index (χ3v) is 5.32. The van der Waals surface area contributed by atoms with Crippen molar-refractivity contribution in [1.29, 1.82) is 0 Å². The van der Waals surface area contributed by atoms with E-state index < -0.39 is 0 Å². The van der Waals surface area contributed by atoms with E-state index in [1.165, 1.54) is 46.7 Å². The van der Waals surface area contributed by atoms with Crippen LogP contribution in [0, 0.1) is 12.7 Å². The third kappa shape index (κ3) is 5.53. The van der Waals surface area contributed by atoms with Crippen LogP contribution in [0.3, 0.4) is 0 Å². The SMILES string of the molecule is Cc1cccc(CSc2nnc(NC(=O)COc3ccc(F)cc3)s2)c1. The number of nitrogens with zero attached hydrogens (tertiary/aromatic N) is 2. The van der Waals surface area contributed by atoms with Gasteiger partial charge in [0, 0.05) is 5.75 Å². The van der Waals surface area contributed by atoms with Crippen LogP contribution in [-0.4, -0.2) is 22.7 Å². The highest BCUT2D eigenvalue weighted by molar-refractivity contribution is 8.00. The first-order valence-electron chi connectivity index (χ1n) is 7.78. The molecule has 0 fully saturated rings. The summed E-state index contributed by atoms with van der Waals surface area (Å²) in [6.45, 7) is 1.87. The molecule has 2 aromatic carbocycles. The fraction of sp³-hybridized carbons (Fsp3) is 0.167. The van der Waals surface area contributed by atoms with Gasteiger partial charge in [0.25, 0.3) is 5.91 Å². The smallest absolute Gasteiger partial charge is 0.264 e. The molecule has 0 bridgehead atoms. The van der Waals surface area contributed by atoms with E-state index >= 15 is 0 Å². The summed E-state index contributed by atoms with van der Waals surface area (Å²) in [7, 11) is 0. The lowest BCUT2D eigenvalue weighted by atomic mass is 10.2. The van der Waals surface area contributed by atoms with Crippen LogP contribution in [0.1, 0.15) is 11.1 Å². The number of thioether (sulfide) groups is 1. The zero-order valence-corrected chi connectivity index (χ0v) is 15.6. The highest BCUT2D eigenvalue weighted by atomic mass is 32.2. The first-order valence-corrected chi connectivity index (χ1v) is 9.59. The van der Waals surface area contributed by atoms with Crippen molar-refractivity contribution < 1.29 is 13.9 Å². The van der Waals surface area contributed by atoms with Crippen LogP contribution in [-0.2, 0) is 10.5 Å². The average Bonchev–Trinajstić information content (AvgIpc) is 3.07. The molecule has 0 unspecified atom stereocenters. The number of benzene rings is 2. The zero-order chi connectivity index (χ0) is 18.4. The molecule has 3 rings (SSSR count). The molecule has 1 amide bonds. The Morgan fingerprint density at radius 3 is 2.81 bits per heavy atom. The van der Waals surface area contributed by atoms with Crippen molar-refractivity contribution in [2.45, 2.75) is 17.0 Å². The minimum absolute atomic E-state index is 0.184. The molecule has 0 aliphatic rings. The molecule has 8 heteroatoms. The van der Waals surface area contributed by atoms with E-state index in [4.69, 9.17) is 4.74 Å². The zero-order valence-electron chi connectivity index (χ0n) is 13.9. The van der Waals surface area contributed by atoms with Gasteiger partial charge in [0.05, 0.1) is 0 Å². The minimum Gasteiger partial charge on any atom is -0.484 e. The molecule has 5 nitrogen and oxygen atoms in total. The molecule has 0 saturated carbocycles. The summed E-state index contributed by atoms with van der Waals surface area (Å²) >= 11 is 2.88. The molecule has 1 heterocycles. The van der Waals surface area contributed by atoms with Crippen LogP contribution in [0.15, 0.2) is 52.9 Å². The fourth-order valence-corrected chi connectivity index (χ4v) is 3.81. The number of halogens is 1. The second kappa shape index (κ2) is 8.77. The first kappa shape index (κ1) is 18.3. The fourth-order valence-electron chi connectivity index (χ4n) is 2.10. The van der Waals surface area contributed by atoms with Crippen LogP contribution in [0.2, 0.25) is 0 Å². The lowest BCUT2D eigenvalue weighted by Crippen LogP contribution is -2.20. The quantitative estimate of drug-likeness (QED) is 0.482. The van der Waals surface area contributed by atoms with Crippen LogP contribution in [0.5, 0.6) is 5.75 Å². The third-order valence-electron chi connectivity index (χ3n) is 3.28. The predicted octanol–water partition coefficient (Wildman–Crippen LogP) is 4.30. The summed E-state index contributed by atoms with van der Waals surface area (Å²) in [4.78, 5) is 11.9. The largest absolute Gasteiger partial charge is 0.484 e. The maximum atomic E-state index is 12.8. The van der Waals surface area contributed by atoms with Crippen molar-refractivity contribution in [3.8, 4) is 5.75 Å². The number of anilines is 1. The molecular formula is C18H16FN3O2S2. The molecule has 0 aliphatic heterocycles. The van der Waals surface area contributed by atoms with Gasteiger partial charge in [0.2, 0.25) is 5.13 Å². The standard InChI is InChI=1S/C18H16FN3O2S2/c1-12-3-2-4-13(9-12)11-25-18-22-21-17(26-18)20-16(23)10-24-15-7-5-14(19)6-8-15/h2-9H,10-11H2,1H3,(H,20,21,23). The van der Waals surface area contributed by atoms with Crippen molar-refractivity contribution >= 4 is 34.1 Å². The summed E-state index contributed by atoms with van der Waals surface area (Å²) in [6.07, 6.45) is 0. The average molecular weight is 389 g/mol. The van der Waals surface area contributed by atoms with Gasteiger partial charge < -0.3 is 4.74 Å². The number of aromatic nitrogens is 2. The van der Waals surface area contributed by atoms with Gasteiger partial charge in [-0.25, -0.2) is 4.39 Å². The minimum atomic E-state index is -0.355. The molecule has 3 aromatic rings. The van der Waals surface area contributed by atoms with E-state index in [9.17, 15) is 9.18 Å². The number of carbonyl (C=O) groups excluding carboxylic acids is 1. The lowest BCUT2D eigenvalue weighted by molar-refractivity contribution is -0.118. The second-order valence-corrected chi connectivity index (χ2v) is 7.64. The molecule has 0 saturated heterocycles. The second-order valence-electron chi connectivity index (χ2n) is 5.44. The summed E-state index contributed by atoms with van der Waals surface area (Å²) < 4.78 is 18.9. The van der Waals surface area contributed by atoms with Crippen molar-refractivity contribution in [2.75, 3.05) is 11.9 Å². The monoisotopic (exact) mass is 389 g/mol. The number of rotatable bonds is 7. The van der Waals surface area contributed by atoms with E-state index in [1.807, 2.05) is 6.07 Å². The Kier molecular flexibility index (Phi) is 6.19. The number of aryl methyl sites for hydroxylation is 1. The maximum Gasteiger partial charge on any atom is 0.264 e. The number of carbonyl (C=O) groups is 1. The van der Waals surface area contributed by atoms with Crippen LogP contribution < -0.4 is 10.1 Å². The van der Waals surface area contributed by atoms with E-state index in [-0.39, 0.29) is 18.3 Å². The number of nitrogens with one attached hydrogen (secondary N) is 1. The Balaban J connectivity index is 1.46. The number of hydrogen-bond donors (Lipinski definition) is 1. The van der Waals surface area contributed by atoms with Crippen molar-refractivity contribution in [3.05, 3.63) is 65.5 Å².